The molecule has 0 aliphatic rings. The van der Waals surface area contributed by atoms with Crippen molar-refractivity contribution in [3.05, 3.63) is 175 Å². The Bertz CT molecular complexity index is 2310. The molecular weight excluding hydrogens is 556 g/mol. The number of benzene rings is 8. The van der Waals surface area contributed by atoms with Crippen LogP contribution < -0.4 is 0 Å². The summed E-state index contributed by atoms with van der Waals surface area (Å²) >= 11 is 0. The van der Waals surface area contributed by atoms with Gasteiger partial charge in [-0.3, -0.25) is 0 Å². The van der Waals surface area contributed by atoms with Crippen molar-refractivity contribution in [1.82, 2.24) is 0 Å². The molecule has 0 amide bonds. The van der Waals surface area contributed by atoms with Gasteiger partial charge in [0.15, 0.2) is 5.69 Å². The van der Waals surface area contributed by atoms with Crippen molar-refractivity contribution in [1.29, 1.82) is 5.26 Å². The lowest BCUT2D eigenvalue weighted by Gasteiger charge is -2.16. The fourth-order valence-corrected chi connectivity index (χ4v) is 6.58. The summed E-state index contributed by atoms with van der Waals surface area (Å²) < 4.78 is 0. The topological polar surface area (TPSA) is 28.1 Å². The zero-order valence-electron chi connectivity index (χ0n) is 24.9. The first kappa shape index (κ1) is 27.1. The molecule has 0 aliphatic heterocycles. The van der Waals surface area contributed by atoms with Crippen LogP contribution in [0.2, 0.25) is 0 Å². The van der Waals surface area contributed by atoms with E-state index in [2.05, 4.69) is 120 Å². The summed E-state index contributed by atoms with van der Waals surface area (Å²) in [7, 11) is 0. The van der Waals surface area contributed by atoms with Crippen LogP contribution in [-0.4, -0.2) is 0 Å². The van der Waals surface area contributed by atoms with Crippen LogP contribution in [0.4, 0.5) is 5.69 Å². The Labute approximate surface area is 267 Å². The molecule has 0 aliphatic carbocycles. The van der Waals surface area contributed by atoms with Crippen LogP contribution in [0.5, 0.6) is 0 Å². The molecule has 0 bridgehead atoms. The molecule has 46 heavy (non-hydrogen) atoms. The third-order valence-electron chi connectivity index (χ3n) is 8.95. The highest BCUT2D eigenvalue weighted by molar-refractivity contribution is 6.23. The molecule has 0 fully saturated rings. The smallest absolute Gasteiger partial charge is 0.187 e. The Kier molecular flexibility index (Phi) is 6.61. The van der Waals surface area contributed by atoms with E-state index >= 15 is 0 Å². The lowest BCUT2D eigenvalue weighted by atomic mass is 9.87. The molecule has 0 unspecified atom stereocenters. The molecule has 2 nitrogen and oxygen atoms in total. The number of fused-ring (bicyclic) bond motifs is 5. The minimum absolute atomic E-state index is 0.651. The first-order valence-electron chi connectivity index (χ1n) is 15.3. The highest BCUT2D eigenvalue weighted by atomic mass is 14.6. The Balaban J connectivity index is 1.27. The van der Waals surface area contributed by atoms with Crippen LogP contribution in [-0.2, 0) is 0 Å². The SMILES string of the molecule is [C-]#[N+]c1ccc(-c2ccc(-c3cc4c5ccccc5c(-c5ccc(-c6ccc(C#N)cc6)cc5)cc4c4ccccc34)cc2)cc1. The van der Waals surface area contributed by atoms with E-state index in [0.717, 1.165) is 22.3 Å². The van der Waals surface area contributed by atoms with Crippen LogP contribution in [0, 0.1) is 17.9 Å². The van der Waals surface area contributed by atoms with Crippen molar-refractivity contribution in [3.8, 4) is 50.6 Å². The van der Waals surface area contributed by atoms with Crippen molar-refractivity contribution >= 4 is 38.0 Å². The van der Waals surface area contributed by atoms with Gasteiger partial charge in [-0.25, -0.2) is 4.85 Å². The summed E-state index contributed by atoms with van der Waals surface area (Å²) in [4.78, 5) is 3.52. The second-order valence-corrected chi connectivity index (χ2v) is 11.5. The van der Waals surface area contributed by atoms with Crippen LogP contribution in [0.15, 0.2) is 158 Å². The van der Waals surface area contributed by atoms with Gasteiger partial charge in [0.2, 0.25) is 0 Å². The molecule has 8 aromatic carbocycles. The lowest BCUT2D eigenvalue weighted by Crippen LogP contribution is -1.89. The Morgan fingerprint density at radius 2 is 0.739 bits per heavy atom. The normalized spacial score (nSPS) is 11.0. The molecule has 0 N–H and O–H groups in total. The maximum Gasteiger partial charge on any atom is 0.187 e. The molecule has 2 heteroatoms. The molecule has 0 radical (unpaired) electrons. The minimum Gasteiger partial charge on any atom is -0.238 e. The Morgan fingerprint density at radius 3 is 1.13 bits per heavy atom. The molecule has 0 heterocycles. The van der Waals surface area contributed by atoms with Crippen LogP contribution >= 0.6 is 0 Å². The van der Waals surface area contributed by atoms with Crippen molar-refractivity contribution in [2.24, 2.45) is 0 Å². The molecule has 8 rings (SSSR count). The third-order valence-corrected chi connectivity index (χ3v) is 8.95. The fraction of sp³-hybridized carbons (Fsp3) is 0. The lowest BCUT2D eigenvalue weighted by molar-refractivity contribution is 1.48. The molecule has 0 spiro atoms. The second-order valence-electron chi connectivity index (χ2n) is 11.5. The third kappa shape index (κ3) is 4.67. The molecular formula is C44H26N2. The number of hydrogen-bond acceptors (Lipinski definition) is 1. The number of nitriles is 1. The van der Waals surface area contributed by atoms with Crippen molar-refractivity contribution in [3.63, 3.8) is 0 Å². The molecule has 0 saturated carbocycles. The van der Waals surface area contributed by atoms with Gasteiger partial charge >= 0.3 is 0 Å². The first-order chi connectivity index (χ1) is 22.7. The van der Waals surface area contributed by atoms with E-state index in [9.17, 15) is 0 Å². The van der Waals surface area contributed by atoms with Gasteiger partial charge in [0.1, 0.15) is 0 Å². The first-order valence-corrected chi connectivity index (χ1v) is 15.3. The zero-order chi connectivity index (χ0) is 31.0. The van der Waals surface area contributed by atoms with Gasteiger partial charge in [0, 0.05) is 0 Å². The van der Waals surface area contributed by atoms with Crippen LogP contribution in [0.3, 0.4) is 0 Å². The maximum absolute atomic E-state index is 9.17. The highest BCUT2D eigenvalue weighted by Gasteiger charge is 2.15. The number of nitrogens with zero attached hydrogens (tertiary/aromatic N) is 2. The van der Waals surface area contributed by atoms with Gasteiger partial charge in [-0.2, -0.15) is 5.26 Å². The van der Waals surface area contributed by atoms with Crippen molar-refractivity contribution in [2.75, 3.05) is 0 Å². The quantitative estimate of drug-likeness (QED) is 0.150. The van der Waals surface area contributed by atoms with Gasteiger partial charge in [0.25, 0.3) is 0 Å². The standard InChI is InChI=1S/C44H26N2/c1-46-36-24-22-33(23-25-36)32-16-20-35(21-17-32)42-27-44-39-8-4-2-6-37(39)41(26-43(44)40-9-5-3-7-38(40)42)34-18-14-31(15-19-34)30-12-10-29(28-45)11-13-30/h2-27H. The van der Waals surface area contributed by atoms with E-state index in [1.54, 1.807) is 0 Å². The maximum atomic E-state index is 9.17. The van der Waals surface area contributed by atoms with Crippen LogP contribution in [0.25, 0.3) is 81.7 Å². The largest absolute Gasteiger partial charge is 0.238 e. The summed E-state index contributed by atoms with van der Waals surface area (Å²) in [6, 6.07) is 57.3. The number of hydrogen-bond donors (Lipinski definition) is 0. The van der Waals surface area contributed by atoms with Crippen molar-refractivity contribution < 1.29 is 0 Å². The summed E-state index contributed by atoms with van der Waals surface area (Å²) in [6.07, 6.45) is 0. The highest BCUT2D eigenvalue weighted by Crippen LogP contribution is 2.42. The summed E-state index contributed by atoms with van der Waals surface area (Å²) in [5.41, 5.74) is 10.5. The van der Waals surface area contributed by atoms with E-state index in [1.165, 1.54) is 54.6 Å². The Morgan fingerprint density at radius 1 is 0.391 bits per heavy atom. The Hall–Kier alpha value is -6.48. The predicted molar refractivity (Wildman–Crippen MR) is 192 cm³/mol. The van der Waals surface area contributed by atoms with E-state index in [4.69, 9.17) is 11.8 Å². The van der Waals surface area contributed by atoms with Gasteiger partial charge < -0.3 is 0 Å². The van der Waals surface area contributed by atoms with Crippen molar-refractivity contribution in [2.45, 2.75) is 0 Å². The van der Waals surface area contributed by atoms with Gasteiger partial charge in [-0.15, -0.1) is 0 Å². The molecule has 212 valence electrons. The predicted octanol–water partition coefficient (Wildman–Crippen LogP) is 12.2. The number of rotatable bonds is 4. The van der Waals surface area contributed by atoms with Crippen LogP contribution in [0.1, 0.15) is 5.56 Å². The molecule has 0 saturated heterocycles. The fourth-order valence-electron chi connectivity index (χ4n) is 6.58. The molecule has 0 atom stereocenters. The minimum atomic E-state index is 0.651. The average Bonchev–Trinajstić information content (AvgIpc) is 3.14. The van der Waals surface area contributed by atoms with E-state index in [1.807, 2.05) is 48.5 Å². The molecule has 0 aromatic heterocycles. The summed E-state index contributed by atoms with van der Waals surface area (Å²) in [5, 5.41) is 16.6. The van der Waals surface area contributed by atoms with Gasteiger partial charge in [0.05, 0.1) is 18.2 Å². The molecule has 8 aromatic rings. The average molecular weight is 583 g/mol. The summed E-state index contributed by atoms with van der Waals surface area (Å²) in [6.45, 7) is 7.24. The van der Waals surface area contributed by atoms with E-state index in [-0.39, 0.29) is 0 Å². The summed E-state index contributed by atoms with van der Waals surface area (Å²) in [5.74, 6) is 0. The van der Waals surface area contributed by atoms with Gasteiger partial charge in [-0.05, 0) is 101 Å². The second kappa shape index (κ2) is 11.2. The zero-order valence-corrected chi connectivity index (χ0v) is 24.9. The van der Waals surface area contributed by atoms with E-state index in [0.29, 0.717) is 11.3 Å². The monoisotopic (exact) mass is 582 g/mol. The van der Waals surface area contributed by atoms with E-state index < -0.39 is 0 Å². The van der Waals surface area contributed by atoms with Gasteiger partial charge in [-0.1, -0.05) is 133 Å².